The molecule has 0 unspecified atom stereocenters. The lowest BCUT2D eigenvalue weighted by Gasteiger charge is -2.13. The molecule has 30 heavy (non-hydrogen) atoms. The smallest absolute Gasteiger partial charge is 0.203 e. The van der Waals surface area contributed by atoms with E-state index in [0.29, 0.717) is 34.4 Å². The van der Waals surface area contributed by atoms with E-state index in [-0.39, 0.29) is 5.02 Å². The molecule has 9 heteroatoms. The minimum Gasteiger partial charge on any atom is -0.493 e. The van der Waals surface area contributed by atoms with Crippen LogP contribution in [0.2, 0.25) is 5.02 Å². The molecule has 0 spiro atoms. The van der Waals surface area contributed by atoms with Crippen LogP contribution in [0.1, 0.15) is 0 Å². The van der Waals surface area contributed by atoms with Gasteiger partial charge in [0.1, 0.15) is 11.6 Å². The molecule has 0 aliphatic carbocycles. The molecular formula is C21H18ClFN4O3. The molecule has 7 nitrogen and oxygen atoms in total. The molecule has 2 heterocycles. The van der Waals surface area contributed by atoms with Crippen molar-refractivity contribution in [3.63, 3.8) is 0 Å². The van der Waals surface area contributed by atoms with E-state index in [0.717, 1.165) is 11.1 Å². The molecular weight excluding hydrogens is 411 g/mol. The molecule has 0 bridgehead atoms. The third-order valence-electron chi connectivity index (χ3n) is 4.54. The summed E-state index contributed by atoms with van der Waals surface area (Å²) in [5, 5.41) is 7.52. The highest BCUT2D eigenvalue weighted by Crippen LogP contribution is 2.41. The highest BCUT2D eigenvalue weighted by atomic mass is 35.5. The molecule has 0 saturated carbocycles. The number of halogens is 2. The molecule has 154 valence electrons. The lowest BCUT2D eigenvalue weighted by Crippen LogP contribution is -1.98. The summed E-state index contributed by atoms with van der Waals surface area (Å²) < 4.78 is 31.3. The van der Waals surface area contributed by atoms with Crippen LogP contribution in [0, 0.1) is 5.82 Å². The first-order valence-electron chi connectivity index (χ1n) is 8.91. The number of hydrogen-bond acceptors (Lipinski definition) is 6. The average Bonchev–Trinajstić information content (AvgIpc) is 3.18. The Bertz CT molecular complexity index is 1200. The van der Waals surface area contributed by atoms with Crippen molar-refractivity contribution in [2.75, 3.05) is 26.6 Å². The summed E-state index contributed by atoms with van der Waals surface area (Å²) in [4.78, 5) is 4.65. The summed E-state index contributed by atoms with van der Waals surface area (Å²) in [7, 11) is 4.67. The van der Waals surface area contributed by atoms with Gasteiger partial charge in [-0.15, -0.1) is 0 Å². The van der Waals surface area contributed by atoms with Gasteiger partial charge in [0.05, 0.1) is 32.5 Å². The fraction of sp³-hybridized carbons (Fsp3) is 0.143. The van der Waals surface area contributed by atoms with Crippen molar-refractivity contribution in [1.82, 2.24) is 14.6 Å². The van der Waals surface area contributed by atoms with Crippen LogP contribution in [0.15, 0.2) is 48.8 Å². The van der Waals surface area contributed by atoms with Crippen LogP contribution in [0.5, 0.6) is 17.2 Å². The van der Waals surface area contributed by atoms with Crippen LogP contribution in [-0.4, -0.2) is 35.9 Å². The van der Waals surface area contributed by atoms with Crippen LogP contribution >= 0.6 is 11.6 Å². The van der Waals surface area contributed by atoms with Crippen molar-refractivity contribution in [2.24, 2.45) is 0 Å². The quantitative estimate of drug-likeness (QED) is 0.468. The number of methoxy groups -OCH3 is 3. The Balaban J connectivity index is 1.77. The van der Waals surface area contributed by atoms with Crippen molar-refractivity contribution >= 4 is 28.8 Å². The molecule has 4 aromatic rings. The maximum atomic E-state index is 13.4. The van der Waals surface area contributed by atoms with E-state index in [9.17, 15) is 4.39 Å². The van der Waals surface area contributed by atoms with Gasteiger partial charge in [-0.1, -0.05) is 11.6 Å². The number of fused-ring (bicyclic) bond motifs is 1. The highest BCUT2D eigenvalue weighted by molar-refractivity contribution is 6.31. The number of anilines is 2. The van der Waals surface area contributed by atoms with Crippen molar-refractivity contribution in [2.45, 2.75) is 0 Å². The van der Waals surface area contributed by atoms with Crippen LogP contribution in [-0.2, 0) is 0 Å². The molecule has 0 radical (unpaired) electrons. The lowest BCUT2D eigenvalue weighted by atomic mass is 10.1. The standard InChI is InChI=1S/C21H18ClFN4O3/c1-28-17-8-12(9-18(29-2)20(17)30-3)14-11-24-27-7-6-19(26-21(14)27)25-13-4-5-16(23)15(22)10-13/h4-11H,1-3H3,(H,25,26). The Morgan fingerprint density at radius 2 is 1.73 bits per heavy atom. The van der Waals surface area contributed by atoms with Crippen LogP contribution in [0.4, 0.5) is 15.9 Å². The van der Waals surface area contributed by atoms with Gasteiger partial charge < -0.3 is 19.5 Å². The van der Waals surface area contributed by atoms with E-state index in [2.05, 4.69) is 15.4 Å². The van der Waals surface area contributed by atoms with Gasteiger partial charge in [0.25, 0.3) is 0 Å². The summed E-state index contributed by atoms with van der Waals surface area (Å²) in [5.41, 5.74) is 2.80. The number of nitrogens with one attached hydrogen (secondary N) is 1. The molecule has 4 rings (SSSR count). The molecule has 0 aliphatic heterocycles. The van der Waals surface area contributed by atoms with Gasteiger partial charge in [-0.2, -0.15) is 5.10 Å². The summed E-state index contributed by atoms with van der Waals surface area (Å²) in [6.45, 7) is 0. The van der Waals surface area contributed by atoms with E-state index < -0.39 is 5.82 Å². The van der Waals surface area contributed by atoms with E-state index >= 15 is 0 Å². The Hall–Kier alpha value is -3.52. The minimum atomic E-state index is -0.480. The molecule has 0 amide bonds. The first-order valence-corrected chi connectivity index (χ1v) is 9.28. The van der Waals surface area contributed by atoms with Gasteiger partial charge in [-0.05, 0) is 42.0 Å². The Morgan fingerprint density at radius 1 is 1.00 bits per heavy atom. The van der Waals surface area contributed by atoms with E-state index in [1.54, 1.807) is 50.4 Å². The Kier molecular flexibility index (Phi) is 5.33. The van der Waals surface area contributed by atoms with Crippen LogP contribution in [0.25, 0.3) is 16.8 Å². The molecule has 0 atom stereocenters. The van der Waals surface area contributed by atoms with Gasteiger partial charge in [0, 0.05) is 17.4 Å². The normalized spacial score (nSPS) is 10.8. The van der Waals surface area contributed by atoms with E-state index in [1.807, 2.05) is 12.1 Å². The second-order valence-corrected chi connectivity index (χ2v) is 6.71. The first kappa shape index (κ1) is 19.8. The Morgan fingerprint density at radius 3 is 2.37 bits per heavy atom. The molecule has 0 aliphatic rings. The number of benzene rings is 2. The number of rotatable bonds is 6. The highest BCUT2D eigenvalue weighted by Gasteiger charge is 2.17. The summed E-state index contributed by atoms with van der Waals surface area (Å²) in [6.07, 6.45) is 3.48. The van der Waals surface area contributed by atoms with Crippen molar-refractivity contribution in [3.05, 3.63) is 59.6 Å². The largest absolute Gasteiger partial charge is 0.493 e. The minimum absolute atomic E-state index is 0.0311. The van der Waals surface area contributed by atoms with Crippen molar-refractivity contribution < 1.29 is 18.6 Å². The van der Waals surface area contributed by atoms with E-state index in [4.69, 9.17) is 25.8 Å². The van der Waals surface area contributed by atoms with Crippen LogP contribution < -0.4 is 19.5 Å². The molecule has 2 aromatic heterocycles. The molecule has 0 fully saturated rings. The second-order valence-electron chi connectivity index (χ2n) is 6.31. The third-order valence-corrected chi connectivity index (χ3v) is 4.83. The average molecular weight is 429 g/mol. The number of aromatic nitrogens is 3. The first-order chi connectivity index (χ1) is 14.5. The number of nitrogens with zero attached hydrogens (tertiary/aromatic N) is 3. The van der Waals surface area contributed by atoms with E-state index in [1.165, 1.54) is 12.1 Å². The third kappa shape index (κ3) is 3.57. The zero-order chi connectivity index (χ0) is 21.3. The lowest BCUT2D eigenvalue weighted by molar-refractivity contribution is 0.324. The van der Waals surface area contributed by atoms with Crippen molar-refractivity contribution in [1.29, 1.82) is 0 Å². The maximum absolute atomic E-state index is 13.4. The molecule has 1 N–H and O–H groups in total. The maximum Gasteiger partial charge on any atom is 0.203 e. The van der Waals surface area contributed by atoms with Crippen molar-refractivity contribution in [3.8, 4) is 28.4 Å². The second kappa shape index (κ2) is 8.08. The van der Waals surface area contributed by atoms with Gasteiger partial charge in [-0.25, -0.2) is 13.9 Å². The van der Waals surface area contributed by atoms with Gasteiger partial charge in [0.15, 0.2) is 17.1 Å². The predicted octanol–water partition coefficient (Wildman–Crippen LogP) is 4.96. The Labute approximate surface area is 177 Å². The topological polar surface area (TPSA) is 69.9 Å². The summed E-state index contributed by atoms with van der Waals surface area (Å²) >= 11 is 5.86. The zero-order valence-electron chi connectivity index (χ0n) is 16.4. The summed E-state index contributed by atoms with van der Waals surface area (Å²) in [6, 6.07) is 9.81. The fourth-order valence-electron chi connectivity index (χ4n) is 3.10. The van der Waals surface area contributed by atoms with Gasteiger partial charge >= 0.3 is 0 Å². The molecule has 2 aromatic carbocycles. The SMILES string of the molecule is COc1cc(-c2cnn3ccc(Nc4ccc(F)c(Cl)c4)nc23)cc(OC)c1OC. The number of hydrogen-bond donors (Lipinski definition) is 1. The number of ether oxygens (including phenoxy) is 3. The zero-order valence-corrected chi connectivity index (χ0v) is 17.2. The van der Waals surface area contributed by atoms with Crippen LogP contribution in [0.3, 0.4) is 0 Å². The van der Waals surface area contributed by atoms with Gasteiger partial charge in [0.2, 0.25) is 5.75 Å². The molecule has 0 saturated heterocycles. The predicted molar refractivity (Wildman–Crippen MR) is 113 cm³/mol. The van der Waals surface area contributed by atoms with Gasteiger partial charge in [-0.3, -0.25) is 0 Å². The monoisotopic (exact) mass is 428 g/mol. The summed E-state index contributed by atoms with van der Waals surface area (Å²) in [5.74, 6) is 1.64. The fourth-order valence-corrected chi connectivity index (χ4v) is 3.28.